The number of carbonyl (C=O) groups is 2. The predicted molar refractivity (Wildman–Crippen MR) is 127 cm³/mol. The molecule has 2 heterocycles. The summed E-state index contributed by atoms with van der Waals surface area (Å²) < 4.78 is 0. The second kappa shape index (κ2) is 8.79. The van der Waals surface area contributed by atoms with Gasteiger partial charge in [-0.2, -0.15) is 0 Å². The lowest BCUT2D eigenvalue weighted by atomic mass is 9.99. The average Bonchev–Trinajstić information content (AvgIpc) is 3.01. The van der Waals surface area contributed by atoms with Crippen LogP contribution in [0.5, 0.6) is 0 Å². The van der Waals surface area contributed by atoms with Crippen molar-refractivity contribution in [2.75, 3.05) is 5.32 Å². The van der Waals surface area contributed by atoms with E-state index in [1.54, 1.807) is 18.5 Å². The molecule has 0 saturated heterocycles. The molecule has 1 aliphatic rings. The van der Waals surface area contributed by atoms with Gasteiger partial charge in [-0.15, -0.1) is 0 Å². The van der Waals surface area contributed by atoms with Crippen molar-refractivity contribution in [3.8, 4) is 0 Å². The zero-order chi connectivity index (χ0) is 22.8. The Hall–Kier alpha value is -3.73. The maximum Gasteiger partial charge on any atom is 0.278 e. The van der Waals surface area contributed by atoms with Crippen molar-refractivity contribution in [1.29, 1.82) is 0 Å². The van der Waals surface area contributed by atoms with Crippen LogP contribution in [0.3, 0.4) is 0 Å². The predicted octanol–water partition coefficient (Wildman–Crippen LogP) is 5.21. The minimum absolute atomic E-state index is 0.178. The maximum atomic E-state index is 13.4. The highest BCUT2D eigenvalue weighted by Gasteiger charge is 2.39. The fraction of sp³-hybridized carbons (Fsp3) is 0.222. The van der Waals surface area contributed by atoms with E-state index >= 15 is 0 Å². The van der Waals surface area contributed by atoms with Gasteiger partial charge in [0.25, 0.3) is 11.8 Å². The molecular formula is C27H27N3O2. The first-order valence-electron chi connectivity index (χ1n) is 10.8. The van der Waals surface area contributed by atoms with Crippen molar-refractivity contribution in [3.63, 3.8) is 0 Å². The van der Waals surface area contributed by atoms with Crippen molar-refractivity contribution >= 4 is 23.1 Å². The summed E-state index contributed by atoms with van der Waals surface area (Å²) in [6.45, 7) is 8.49. The molecule has 0 bridgehead atoms. The summed E-state index contributed by atoms with van der Waals surface area (Å²) in [5.74, 6) is -0.220. The fourth-order valence-electron chi connectivity index (χ4n) is 3.77. The van der Waals surface area contributed by atoms with Gasteiger partial charge >= 0.3 is 0 Å². The fourth-order valence-corrected chi connectivity index (χ4v) is 3.77. The van der Waals surface area contributed by atoms with Crippen LogP contribution in [0.2, 0.25) is 0 Å². The van der Waals surface area contributed by atoms with E-state index in [1.165, 1.54) is 10.5 Å². The molecule has 0 saturated carbocycles. The molecule has 2 aromatic carbocycles. The lowest BCUT2D eigenvalue weighted by Gasteiger charge is -2.15. The normalized spacial score (nSPS) is 14.0. The monoisotopic (exact) mass is 425 g/mol. The molecule has 1 aromatic heterocycles. The summed E-state index contributed by atoms with van der Waals surface area (Å²) in [5.41, 5.74) is 6.44. The van der Waals surface area contributed by atoms with Crippen LogP contribution in [0.25, 0.3) is 5.57 Å². The molecule has 2 amide bonds. The zero-order valence-electron chi connectivity index (χ0n) is 18.8. The SMILES string of the molecule is Cc1ccc(C2=C(Nc3ccc(C(C)C)cc3)C(=O)N(Cc3cccnc3)C2=O)cc1C. The number of pyridine rings is 1. The highest BCUT2D eigenvalue weighted by molar-refractivity contribution is 6.36. The van der Waals surface area contributed by atoms with Crippen molar-refractivity contribution in [3.05, 3.63) is 101 Å². The van der Waals surface area contributed by atoms with Crippen molar-refractivity contribution in [2.45, 2.75) is 40.2 Å². The first kappa shape index (κ1) is 21.5. The summed E-state index contributed by atoms with van der Waals surface area (Å²) in [7, 11) is 0. The Morgan fingerprint density at radius 3 is 2.31 bits per heavy atom. The second-order valence-electron chi connectivity index (χ2n) is 8.51. The Morgan fingerprint density at radius 1 is 0.938 bits per heavy atom. The Kier molecular flexibility index (Phi) is 5.91. The van der Waals surface area contributed by atoms with Gasteiger partial charge in [0.15, 0.2) is 0 Å². The van der Waals surface area contributed by atoms with Gasteiger partial charge in [0.05, 0.1) is 12.1 Å². The third kappa shape index (κ3) is 4.19. The molecule has 0 spiro atoms. The highest BCUT2D eigenvalue weighted by atomic mass is 16.2. The number of imide groups is 1. The van der Waals surface area contributed by atoms with Crippen LogP contribution < -0.4 is 5.32 Å². The van der Waals surface area contributed by atoms with Gasteiger partial charge in [-0.05, 0) is 65.8 Å². The van der Waals surface area contributed by atoms with Gasteiger partial charge in [0.1, 0.15) is 5.70 Å². The molecule has 0 aliphatic carbocycles. The van der Waals surface area contributed by atoms with Crippen LogP contribution in [0, 0.1) is 13.8 Å². The molecule has 0 unspecified atom stereocenters. The van der Waals surface area contributed by atoms with Gasteiger partial charge in [-0.25, -0.2) is 0 Å². The van der Waals surface area contributed by atoms with Gasteiger partial charge in [0.2, 0.25) is 0 Å². The molecule has 5 heteroatoms. The summed E-state index contributed by atoms with van der Waals surface area (Å²) in [4.78, 5) is 32.2. The van der Waals surface area contributed by atoms with E-state index in [9.17, 15) is 9.59 Å². The van der Waals surface area contributed by atoms with E-state index in [2.05, 4.69) is 24.1 Å². The molecule has 4 rings (SSSR count). The van der Waals surface area contributed by atoms with Gasteiger partial charge in [0, 0.05) is 18.1 Å². The number of nitrogens with one attached hydrogen (secondary N) is 1. The van der Waals surface area contributed by atoms with E-state index in [0.717, 1.165) is 27.9 Å². The number of benzene rings is 2. The Balaban J connectivity index is 1.74. The molecule has 1 N–H and O–H groups in total. The number of aromatic nitrogens is 1. The topological polar surface area (TPSA) is 62.3 Å². The standard InChI is InChI=1S/C27H27N3O2/c1-17(2)21-9-11-23(12-10-21)29-25-24(22-8-7-18(3)19(4)14-22)26(31)30(27(25)32)16-20-6-5-13-28-15-20/h5-15,17,29H,16H2,1-4H3. The van der Waals surface area contributed by atoms with Crippen LogP contribution in [-0.4, -0.2) is 21.7 Å². The number of hydrogen-bond donors (Lipinski definition) is 1. The summed E-state index contributed by atoms with van der Waals surface area (Å²) >= 11 is 0. The van der Waals surface area contributed by atoms with E-state index in [-0.39, 0.29) is 18.4 Å². The Labute approximate surface area is 188 Å². The second-order valence-corrected chi connectivity index (χ2v) is 8.51. The quantitative estimate of drug-likeness (QED) is 0.551. The van der Waals surface area contributed by atoms with Crippen molar-refractivity contribution < 1.29 is 9.59 Å². The van der Waals surface area contributed by atoms with Crippen LogP contribution in [-0.2, 0) is 16.1 Å². The van der Waals surface area contributed by atoms with Gasteiger partial charge in [-0.1, -0.05) is 50.2 Å². The van der Waals surface area contributed by atoms with Crippen LogP contribution >= 0.6 is 0 Å². The van der Waals surface area contributed by atoms with Crippen molar-refractivity contribution in [2.24, 2.45) is 0 Å². The van der Waals surface area contributed by atoms with Crippen LogP contribution in [0.4, 0.5) is 5.69 Å². The number of anilines is 1. The smallest absolute Gasteiger partial charge is 0.278 e. The minimum Gasteiger partial charge on any atom is -0.350 e. The third-order valence-electron chi connectivity index (χ3n) is 5.87. The first-order valence-corrected chi connectivity index (χ1v) is 10.8. The van der Waals surface area contributed by atoms with E-state index < -0.39 is 0 Å². The Morgan fingerprint density at radius 2 is 1.69 bits per heavy atom. The van der Waals surface area contributed by atoms with E-state index in [4.69, 9.17) is 0 Å². The van der Waals surface area contributed by atoms with Gasteiger partial charge < -0.3 is 5.32 Å². The average molecular weight is 426 g/mol. The van der Waals surface area contributed by atoms with Crippen LogP contribution in [0.15, 0.2) is 72.7 Å². The first-order chi connectivity index (χ1) is 15.3. The van der Waals surface area contributed by atoms with E-state index in [1.807, 2.05) is 62.4 Å². The number of rotatable bonds is 6. The molecule has 0 radical (unpaired) electrons. The molecular weight excluding hydrogens is 398 g/mol. The molecule has 162 valence electrons. The number of hydrogen-bond acceptors (Lipinski definition) is 4. The Bertz CT molecular complexity index is 1200. The van der Waals surface area contributed by atoms with E-state index in [0.29, 0.717) is 17.2 Å². The molecule has 1 aliphatic heterocycles. The molecule has 32 heavy (non-hydrogen) atoms. The summed E-state index contributed by atoms with van der Waals surface area (Å²) in [5, 5.41) is 3.24. The summed E-state index contributed by atoms with van der Waals surface area (Å²) in [6, 6.07) is 17.5. The highest BCUT2D eigenvalue weighted by Crippen LogP contribution is 2.32. The number of amides is 2. The van der Waals surface area contributed by atoms with Gasteiger partial charge in [-0.3, -0.25) is 19.5 Å². The molecule has 3 aromatic rings. The van der Waals surface area contributed by atoms with Crippen molar-refractivity contribution in [1.82, 2.24) is 9.88 Å². The largest absolute Gasteiger partial charge is 0.350 e. The lowest BCUT2D eigenvalue weighted by Crippen LogP contribution is -2.32. The number of carbonyl (C=O) groups excluding carboxylic acids is 2. The van der Waals surface area contributed by atoms with Crippen LogP contribution in [0.1, 0.15) is 47.6 Å². The number of nitrogens with zero attached hydrogens (tertiary/aromatic N) is 2. The molecule has 0 atom stereocenters. The zero-order valence-corrected chi connectivity index (χ0v) is 18.8. The lowest BCUT2D eigenvalue weighted by molar-refractivity contribution is -0.137. The number of aryl methyl sites for hydroxylation is 2. The minimum atomic E-state index is -0.333. The molecule has 5 nitrogen and oxygen atoms in total. The molecule has 0 fully saturated rings. The maximum absolute atomic E-state index is 13.4. The third-order valence-corrected chi connectivity index (χ3v) is 5.87. The summed E-state index contributed by atoms with van der Waals surface area (Å²) in [6.07, 6.45) is 3.34.